The highest BCUT2D eigenvalue weighted by Gasteiger charge is 2.15. The number of hydrogen-bond donors (Lipinski definition) is 0. The highest BCUT2D eigenvalue weighted by Crippen LogP contribution is 2.29. The van der Waals surface area contributed by atoms with Gasteiger partial charge in [0.2, 0.25) is 0 Å². The lowest BCUT2D eigenvalue weighted by Crippen LogP contribution is -2.05. The fourth-order valence-corrected chi connectivity index (χ4v) is 1.37. The van der Waals surface area contributed by atoms with Crippen molar-refractivity contribution in [3.63, 3.8) is 0 Å². The van der Waals surface area contributed by atoms with Gasteiger partial charge in [0.15, 0.2) is 12.1 Å². The van der Waals surface area contributed by atoms with Gasteiger partial charge in [-0.15, -0.1) is 0 Å². The lowest BCUT2D eigenvalue weighted by Gasteiger charge is -2.09. The van der Waals surface area contributed by atoms with Crippen LogP contribution in [0.4, 0.5) is 8.78 Å². The van der Waals surface area contributed by atoms with E-state index in [1.807, 2.05) is 0 Å². The molecule has 0 aromatic heterocycles. The minimum absolute atomic E-state index is 0.00458. The molecule has 16 heavy (non-hydrogen) atoms. The van der Waals surface area contributed by atoms with Gasteiger partial charge in [-0.25, -0.2) is 0 Å². The Morgan fingerprint density at radius 3 is 2.56 bits per heavy atom. The first-order valence-corrected chi connectivity index (χ1v) is 4.58. The summed E-state index contributed by atoms with van der Waals surface area (Å²) in [5, 5.41) is -0.146. The van der Waals surface area contributed by atoms with E-state index in [4.69, 9.17) is 11.6 Å². The number of carbonyl (C=O) groups is 2. The van der Waals surface area contributed by atoms with Crippen LogP contribution >= 0.6 is 11.6 Å². The van der Waals surface area contributed by atoms with Crippen LogP contribution in [0.3, 0.4) is 0 Å². The molecule has 0 unspecified atom stereocenters. The molecule has 0 fully saturated rings. The molecule has 0 spiro atoms. The number of Topliss-reactive ketones (excluding diaryl/α,β-unsaturated/α-hetero) is 1. The van der Waals surface area contributed by atoms with Gasteiger partial charge in [-0.1, -0.05) is 11.6 Å². The monoisotopic (exact) mass is 248 g/mol. The summed E-state index contributed by atoms with van der Waals surface area (Å²) in [5.41, 5.74) is 0.0363. The number of aldehydes is 1. The van der Waals surface area contributed by atoms with Crippen LogP contribution in [0.2, 0.25) is 5.02 Å². The highest BCUT2D eigenvalue weighted by atomic mass is 35.5. The third-order valence-corrected chi connectivity index (χ3v) is 2.12. The maximum atomic E-state index is 12.0. The summed E-state index contributed by atoms with van der Waals surface area (Å²) in [6, 6.07) is 2.14. The van der Waals surface area contributed by atoms with E-state index < -0.39 is 12.4 Å². The van der Waals surface area contributed by atoms with Gasteiger partial charge in [0.1, 0.15) is 5.75 Å². The normalized spacial score (nSPS) is 10.3. The molecular weight excluding hydrogens is 242 g/mol. The van der Waals surface area contributed by atoms with Crippen molar-refractivity contribution in [3.8, 4) is 5.75 Å². The quantitative estimate of drug-likeness (QED) is 0.608. The Morgan fingerprint density at radius 1 is 1.50 bits per heavy atom. The van der Waals surface area contributed by atoms with Crippen LogP contribution in [0.25, 0.3) is 0 Å². The number of benzene rings is 1. The van der Waals surface area contributed by atoms with Gasteiger partial charge in [0.05, 0.1) is 5.02 Å². The molecule has 1 aromatic carbocycles. The van der Waals surface area contributed by atoms with Gasteiger partial charge in [-0.05, 0) is 19.1 Å². The Labute approximate surface area is 95.0 Å². The first-order valence-electron chi connectivity index (χ1n) is 4.20. The minimum atomic E-state index is -3.04. The summed E-state index contributed by atoms with van der Waals surface area (Å²) in [4.78, 5) is 21.7. The number of hydrogen-bond acceptors (Lipinski definition) is 3. The molecule has 1 aromatic rings. The van der Waals surface area contributed by atoms with Crippen molar-refractivity contribution in [1.29, 1.82) is 0 Å². The number of rotatable bonds is 4. The SMILES string of the molecule is CC(=O)c1cc(OC(F)F)c(Cl)cc1C=O. The van der Waals surface area contributed by atoms with Crippen LogP contribution in [0.15, 0.2) is 12.1 Å². The maximum Gasteiger partial charge on any atom is 0.387 e. The van der Waals surface area contributed by atoms with E-state index in [2.05, 4.69) is 4.74 Å². The van der Waals surface area contributed by atoms with E-state index in [0.29, 0.717) is 6.29 Å². The van der Waals surface area contributed by atoms with E-state index in [9.17, 15) is 18.4 Å². The Bertz CT molecular complexity index is 432. The summed E-state index contributed by atoms with van der Waals surface area (Å²) in [6.07, 6.45) is 0.425. The second kappa shape index (κ2) is 5.03. The lowest BCUT2D eigenvalue weighted by atomic mass is 10.1. The van der Waals surface area contributed by atoms with Crippen LogP contribution in [0.1, 0.15) is 27.6 Å². The highest BCUT2D eigenvalue weighted by molar-refractivity contribution is 6.32. The van der Waals surface area contributed by atoms with Gasteiger partial charge in [-0.3, -0.25) is 9.59 Å². The van der Waals surface area contributed by atoms with Crippen LogP contribution < -0.4 is 4.74 Å². The van der Waals surface area contributed by atoms with Crippen molar-refractivity contribution in [1.82, 2.24) is 0 Å². The van der Waals surface area contributed by atoms with E-state index in [1.54, 1.807) is 0 Å². The standard InChI is InChI=1S/C10H7ClF2O3/c1-5(15)7-3-9(16-10(12)13)8(11)2-6(7)4-14/h2-4,10H,1H3. The zero-order valence-electron chi connectivity index (χ0n) is 8.17. The molecule has 0 radical (unpaired) electrons. The van der Waals surface area contributed by atoms with Crippen molar-refractivity contribution in [2.75, 3.05) is 0 Å². The molecule has 6 heteroatoms. The van der Waals surface area contributed by atoms with E-state index >= 15 is 0 Å². The average molecular weight is 249 g/mol. The Morgan fingerprint density at radius 2 is 2.12 bits per heavy atom. The molecule has 0 bridgehead atoms. The zero-order valence-corrected chi connectivity index (χ0v) is 8.92. The van der Waals surface area contributed by atoms with Crippen molar-refractivity contribution in [2.45, 2.75) is 13.5 Å². The number of ketones is 1. The molecule has 0 aliphatic heterocycles. The molecular formula is C10H7ClF2O3. The summed E-state index contributed by atoms with van der Waals surface area (Å²) >= 11 is 5.60. The van der Waals surface area contributed by atoms with Crippen molar-refractivity contribution < 1.29 is 23.1 Å². The molecule has 3 nitrogen and oxygen atoms in total. The van der Waals surface area contributed by atoms with Crippen molar-refractivity contribution in [2.24, 2.45) is 0 Å². The predicted molar refractivity (Wildman–Crippen MR) is 53.5 cm³/mol. The number of ether oxygens (including phenoxy) is 1. The fourth-order valence-electron chi connectivity index (χ4n) is 1.16. The van der Waals surface area contributed by atoms with E-state index in [1.165, 1.54) is 6.92 Å². The third kappa shape index (κ3) is 2.76. The van der Waals surface area contributed by atoms with Crippen molar-refractivity contribution >= 4 is 23.7 Å². The van der Waals surface area contributed by atoms with Crippen LogP contribution in [-0.2, 0) is 0 Å². The largest absolute Gasteiger partial charge is 0.433 e. The average Bonchev–Trinajstić information content (AvgIpc) is 2.19. The Kier molecular flexibility index (Phi) is 3.95. The summed E-state index contributed by atoms with van der Waals surface area (Å²) in [6.45, 7) is -1.83. The predicted octanol–water partition coefficient (Wildman–Crippen LogP) is 2.96. The second-order valence-electron chi connectivity index (χ2n) is 2.92. The van der Waals surface area contributed by atoms with Crippen LogP contribution in [0, 0.1) is 0 Å². The summed E-state index contributed by atoms with van der Waals surface area (Å²) in [5.74, 6) is -0.759. The Hall–Kier alpha value is -1.49. The van der Waals surface area contributed by atoms with Gasteiger partial charge >= 0.3 is 6.61 Å². The van der Waals surface area contributed by atoms with Gasteiger partial charge < -0.3 is 4.74 Å². The smallest absolute Gasteiger partial charge is 0.387 e. The number of halogens is 3. The maximum absolute atomic E-state index is 12.0. The molecule has 0 saturated carbocycles. The molecule has 0 N–H and O–H groups in total. The summed E-state index contributed by atoms with van der Waals surface area (Å²) in [7, 11) is 0. The van der Waals surface area contributed by atoms with E-state index in [-0.39, 0.29) is 21.9 Å². The van der Waals surface area contributed by atoms with Crippen molar-refractivity contribution in [3.05, 3.63) is 28.3 Å². The molecule has 0 atom stereocenters. The number of alkyl halides is 2. The van der Waals surface area contributed by atoms with E-state index in [0.717, 1.165) is 12.1 Å². The van der Waals surface area contributed by atoms with Crippen LogP contribution in [0.5, 0.6) is 5.75 Å². The molecule has 86 valence electrons. The molecule has 1 rings (SSSR count). The molecule has 0 aliphatic rings. The molecule has 0 saturated heterocycles. The molecule has 0 amide bonds. The first kappa shape index (κ1) is 12.6. The first-order chi connectivity index (χ1) is 7.45. The lowest BCUT2D eigenvalue weighted by molar-refractivity contribution is -0.0498. The minimum Gasteiger partial charge on any atom is -0.433 e. The molecule has 0 heterocycles. The van der Waals surface area contributed by atoms with Gasteiger partial charge in [0.25, 0.3) is 0 Å². The Balaban J connectivity index is 3.27. The second-order valence-corrected chi connectivity index (χ2v) is 3.33. The van der Waals surface area contributed by atoms with Crippen LogP contribution in [-0.4, -0.2) is 18.7 Å². The molecule has 0 aliphatic carbocycles. The fraction of sp³-hybridized carbons (Fsp3) is 0.200. The van der Waals surface area contributed by atoms with Gasteiger partial charge in [0, 0.05) is 11.1 Å². The third-order valence-electron chi connectivity index (χ3n) is 1.83. The van der Waals surface area contributed by atoms with Gasteiger partial charge in [-0.2, -0.15) is 8.78 Å². The number of carbonyl (C=O) groups excluding carboxylic acids is 2. The topological polar surface area (TPSA) is 43.4 Å². The summed E-state index contributed by atoms with van der Waals surface area (Å²) < 4.78 is 28.1. The zero-order chi connectivity index (χ0) is 12.3.